The molecule has 6 nitrogen and oxygen atoms in total. The van der Waals surface area contributed by atoms with Crippen molar-refractivity contribution in [2.24, 2.45) is 10.4 Å². The molecule has 1 fully saturated rings. The maximum Gasteiger partial charge on any atom is 0.191 e. The number of hydrogen-bond donors (Lipinski definition) is 2. The van der Waals surface area contributed by atoms with E-state index in [0.29, 0.717) is 0 Å². The maximum absolute atomic E-state index is 5.34. The molecule has 6 heteroatoms. The van der Waals surface area contributed by atoms with Gasteiger partial charge >= 0.3 is 0 Å². The van der Waals surface area contributed by atoms with Crippen molar-refractivity contribution in [1.82, 2.24) is 10.6 Å². The number of rotatable bonds is 8. The summed E-state index contributed by atoms with van der Waals surface area (Å²) in [5, 5.41) is 6.67. The molecule has 2 rings (SSSR count). The first-order valence-electron chi connectivity index (χ1n) is 8.41. The van der Waals surface area contributed by atoms with Crippen molar-refractivity contribution < 1.29 is 14.2 Å². The van der Waals surface area contributed by atoms with Crippen LogP contribution in [0.1, 0.15) is 19.4 Å². The summed E-state index contributed by atoms with van der Waals surface area (Å²) in [6, 6.07) is 6.00. The van der Waals surface area contributed by atoms with Crippen LogP contribution in [0.2, 0.25) is 0 Å². The fourth-order valence-electron chi connectivity index (χ4n) is 2.51. The number of aliphatic imine (C=N–C) groups is 1. The molecule has 1 aromatic carbocycles. The van der Waals surface area contributed by atoms with Crippen LogP contribution in [0.4, 0.5) is 0 Å². The molecule has 0 aliphatic carbocycles. The Bertz CT molecular complexity index is 556. The average Bonchev–Trinajstić information content (AvgIpc) is 2.57. The molecule has 24 heavy (non-hydrogen) atoms. The highest BCUT2D eigenvalue weighted by molar-refractivity contribution is 5.79. The Morgan fingerprint density at radius 2 is 1.96 bits per heavy atom. The molecule has 1 saturated heterocycles. The molecule has 0 atom stereocenters. The monoisotopic (exact) mass is 335 g/mol. The normalized spacial score (nSPS) is 16.2. The summed E-state index contributed by atoms with van der Waals surface area (Å²) in [7, 11) is 3.30. The number of methoxy groups -OCH3 is 2. The van der Waals surface area contributed by atoms with Crippen molar-refractivity contribution in [3.8, 4) is 11.5 Å². The Balaban J connectivity index is 1.86. The molecule has 1 heterocycles. The predicted molar refractivity (Wildman–Crippen MR) is 96.2 cm³/mol. The van der Waals surface area contributed by atoms with Crippen LogP contribution in [0, 0.1) is 5.41 Å². The molecule has 1 aromatic rings. The van der Waals surface area contributed by atoms with Gasteiger partial charge in [-0.25, -0.2) is 0 Å². The molecule has 134 valence electrons. The smallest absolute Gasteiger partial charge is 0.191 e. The standard InChI is InChI=1S/C18H29N3O3/c1-5-19-17(21-11-18(2)12-24-13-18)20-9-8-14-6-7-15(22-3)16(10-14)23-4/h6-7,10H,5,8-9,11-13H2,1-4H3,(H2,19,20,21). The third-order valence-corrected chi connectivity index (χ3v) is 4.02. The summed E-state index contributed by atoms with van der Waals surface area (Å²) in [6.07, 6.45) is 0.880. The summed E-state index contributed by atoms with van der Waals surface area (Å²) >= 11 is 0. The van der Waals surface area contributed by atoms with Gasteiger partial charge in [-0.05, 0) is 31.0 Å². The SMILES string of the molecule is CCNC(=NCC1(C)COC1)NCCc1ccc(OC)c(OC)c1. The van der Waals surface area contributed by atoms with E-state index in [0.717, 1.165) is 56.7 Å². The van der Waals surface area contributed by atoms with E-state index >= 15 is 0 Å². The lowest BCUT2D eigenvalue weighted by atomic mass is 9.89. The van der Waals surface area contributed by atoms with Gasteiger partial charge in [-0.3, -0.25) is 4.99 Å². The summed E-state index contributed by atoms with van der Waals surface area (Å²) in [4.78, 5) is 4.67. The topological polar surface area (TPSA) is 64.1 Å². The lowest BCUT2D eigenvalue weighted by Crippen LogP contribution is -2.44. The van der Waals surface area contributed by atoms with Crippen molar-refractivity contribution >= 4 is 5.96 Å². The van der Waals surface area contributed by atoms with Crippen LogP contribution in [-0.2, 0) is 11.2 Å². The van der Waals surface area contributed by atoms with Gasteiger partial charge in [-0.15, -0.1) is 0 Å². The highest BCUT2D eigenvalue weighted by Gasteiger charge is 2.33. The average molecular weight is 335 g/mol. The lowest BCUT2D eigenvalue weighted by molar-refractivity contribution is -0.0945. The van der Waals surface area contributed by atoms with Crippen LogP contribution in [-0.4, -0.2) is 53.0 Å². The Kier molecular flexibility index (Phi) is 6.73. The number of hydrogen-bond acceptors (Lipinski definition) is 4. The minimum Gasteiger partial charge on any atom is -0.493 e. The zero-order valence-corrected chi connectivity index (χ0v) is 15.1. The van der Waals surface area contributed by atoms with Crippen molar-refractivity contribution in [2.75, 3.05) is 47.1 Å². The molecular weight excluding hydrogens is 306 g/mol. The van der Waals surface area contributed by atoms with Crippen molar-refractivity contribution in [3.63, 3.8) is 0 Å². The number of guanidine groups is 1. The first kappa shape index (κ1) is 18.4. The van der Waals surface area contributed by atoms with E-state index in [9.17, 15) is 0 Å². The van der Waals surface area contributed by atoms with E-state index in [-0.39, 0.29) is 5.41 Å². The molecule has 0 amide bonds. The molecule has 2 N–H and O–H groups in total. The van der Waals surface area contributed by atoms with Gasteiger partial charge < -0.3 is 24.8 Å². The number of nitrogens with zero attached hydrogens (tertiary/aromatic N) is 1. The quantitative estimate of drug-likeness (QED) is 0.561. The van der Waals surface area contributed by atoms with Crippen LogP contribution < -0.4 is 20.1 Å². The molecule has 0 aromatic heterocycles. The molecule has 0 spiro atoms. The van der Waals surface area contributed by atoms with E-state index in [2.05, 4.69) is 35.5 Å². The fraction of sp³-hybridized carbons (Fsp3) is 0.611. The van der Waals surface area contributed by atoms with Gasteiger partial charge in [0, 0.05) is 18.5 Å². The van der Waals surface area contributed by atoms with E-state index in [1.807, 2.05) is 12.1 Å². The second-order valence-electron chi connectivity index (χ2n) is 6.36. The van der Waals surface area contributed by atoms with E-state index in [4.69, 9.17) is 14.2 Å². The van der Waals surface area contributed by atoms with Crippen LogP contribution in [0.25, 0.3) is 0 Å². The van der Waals surface area contributed by atoms with Crippen molar-refractivity contribution in [3.05, 3.63) is 23.8 Å². The van der Waals surface area contributed by atoms with Gasteiger partial charge in [0.1, 0.15) is 0 Å². The lowest BCUT2D eigenvalue weighted by Gasteiger charge is -2.36. The second-order valence-corrected chi connectivity index (χ2v) is 6.36. The first-order chi connectivity index (χ1) is 11.6. The molecule has 0 saturated carbocycles. The van der Waals surface area contributed by atoms with E-state index in [1.165, 1.54) is 5.56 Å². The number of nitrogens with one attached hydrogen (secondary N) is 2. The molecular formula is C18H29N3O3. The van der Waals surface area contributed by atoms with Gasteiger partial charge in [-0.1, -0.05) is 13.0 Å². The van der Waals surface area contributed by atoms with Crippen LogP contribution in [0.15, 0.2) is 23.2 Å². The number of benzene rings is 1. The minimum atomic E-state index is 0.186. The Hall–Kier alpha value is -1.95. The molecule has 0 bridgehead atoms. The fourth-order valence-corrected chi connectivity index (χ4v) is 2.51. The Labute approximate surface area is 144 Å². The van der Waals surface area contributed by atoms with Gasteiger partial charge in [-0.2, -0.15) is 0 Å². The third kappa shape index (κ3) is 5.03. The van der Waals surface area contributed by atoms with Crippen LogP contribution in [0.3, 0.4) is 0 Å². The Morgan fingerprint density at radius 1 is 1.21 bits per heavy atom. The van der Waals surface area contributed by atoms with Gasteiger partial charge in [0.15, 0.2) is 17.5 Å². The maximum atomic E-state index is 5.34. The summed E-state index contributed by atoms with van der Waals surface area (Å²) < 4.78 is 15.9. The predicted octanol–water partition coefficient (Wildman–Crippen LogP) is 1.84. The van der Waals surface area contributed by atoms with Crippen molar-refractivity contribution in [2.45, 2.75) is 20.3 Å². The van der Waals surface area contributed by atoms with Gasteiger partial charge in [0.25, 0.3) is 0 Å². The largest absolute Gasteiger partial charge is 0.493 e. The zero-order valence-electron chi connectivity index (χ0n) is 15.1. The second kappa shape index (κ2) is 8.78. The van der Waals surface area contributed by atoms with Crippen LogP contribution in [0.5, 0.6) is 11.5 Å². The first-order valence-corrected chi connectivity index (χ1v) is 8.41. The zero-order chi connectivity index (χ0) is 17.4. The summed E-state index contributed by atoms with van der Waals surface area (Å²) in [5.41, 5.74) is 1.38. The van der Waals surface area contributed by atoms with E-state index in [1.54, 1.807) is 14.2 Å². The molecule has 0 radical (unpaired) electrons. The molecule has 0 unspecified atom stereocenters. The summed E-state index contributed by atoms with van der Waals surface area (Å²) in [5.74, 6) is 2.36. The highest BCUT2D eigenvalue weighted by Crippen LogP contribution is 2.28. The summed E-state index contributed by atoms with van der Waals surface area (Å²) in [6.45, 7) is 8.28. The van der Waals surface area contributed by atoms with Gasteiger partial charge in [0.2, 0.25) is 0 Å². The highest BCUT2D eigenvalue weighted by atomic mass is 16.5. The third-order valence-electron chi connectivity index (χ3n) is 4.02. The molecule has 1 aliphatic heterocycles. The van der Waals surface area contributed by atoms with Gasteiger partial charge in [0.05, 0.1) is 34.0 Å². The molecule has 1 aliphatic rings. The number of ether oxygens (including phenoxy) is 3. The van der Waals surface area contributed by atoms with Crippen molar-refractivity contribution in [1.29, 1.82) is 0 Å². The van der Waals surface area contributed by atoms with E-state index < -0.39 is 0 Å². The Morgan fingerprint density at radius 3 is 2.54 bits per heavy atom. The van der Waals surface area contributed by atoms with Crippen LogP contribution >= 0.6 is 0 Å². The minimum absolute atomic E-state index is 0.186.